The van der Waals surface area contributed by atoms with Crippen LogP contribution >= 0.6 is 22.7 Å². The molecule has 0 fully saturated rings. The number of thiophene rings is 2. The van der Waals surface area contributed by atoms with Crippen molar-refractivity contribution >= 4 is 28.6 Å². The fraction of sp³-hybridized carbons (Fsp3) is 0.167. The summed E-state index contributed by atoms with van der Waals surface area (Å²) in [5, 5.41) is 11.4. The number of carboxylic acids is 1. The highest BCUT2D eigenvalue weighted by Gasteiger charge is 2.15. The monoisotopic (exact) mass is 328 g/mol. The fourth-order valence-electron chi connectivity index (χ4n) is 2.71. The van der Waals surface area contributed by atoms with Crippen molar-refractivity contribution in [1.82, 2.24) is 0 Å². The molecule has 1 aromatic carbocycles. The predicted octanol–water partition coefficient (Wildman–Crippen LogP) is 5.71. The molecule has 0 aliphatic carbocycles. The molecule has 0 aliphatic heterocycles. The van der Waals surface area contributed by atoms with E-state index in [-0.39, 0.29) is 0 Å². The van der Waals surface area contributed by atoms with Gasteiger partial charge in [0.15, 0.2) is 0 Å². The van der Waals surface area contributed by atoms with E-state index in [9.17, 15) is 9.90 Å². The van der Waals surface area contributed by atoms with Crippen molar-refractivity contribution in [1.29, 1.82) is 0 Å². The Hall–Kier alpha value is -1.91. The molecule has 0 radical (unpaired) electrons. The van der Waals surface area contributed by atoms with Crippen LogP contribution in [0, 0.1) is 6.92 Å². The number of rotatable bonds is 4. The zero-order chi connectivity index (χ0) is 15.7. The maximum atomic E-state index is 11.3. The average molecular weight is 328 g/mol. The first-order valence-corrected chi connectivity index (χ1v) is 8.81. The first-order valence-electron chi connectivity index (χ1n) is 7.11. The van der Waals surface area contributed by atoms with Gasteiger partial charge in [-0.15, -0.1) is 22.7 Å². The van der Waals surface area contributed by atoms with Crippen LogP contribution in [-0.4, -0.2) is 11.1 Å². The van der Waals surface area contributed by atoms with Crippen molar-refractivity contribution in [2.75, 3.05) is 0 Å². The lowest BCUT2D eigenvalue weighted by atomic mass is 9.94. The van der Waals surface area contributed by atoms with Crippen LogP contribution in [0.1, 0.15) is 28.4 Å². The third-order valence-electron chi connectivity index (χ3n) is 3.82. The van der Waals surface area contributed by atoms with Crippen LogP contribution in [0.15, 0.2) is 41.8 Å². The van der Waals surface area contributed by atoms with Crippen LogP contribution in [0.4, 0.5) is 0 Å². The molecule has 0 atom stereocenters. The Balaban J connectivity index is 2.09. The molecule has 22 heavy (non-hydrogen) atoms. The highest BCUT2D eigenvalue weighted by atomic mass is 32.1. The van der Waals surface area contributed by atoms with Gasteiger partial charge in [-0.05, 0) is 59.7 Å². The standard InChI is InChI=1S/C18H16O2S2/c1-3-12-11(2)13(18(19)20)6-7-14(12)15-8-9-17(22-15)16-5-4-10-21-16/h4-10H,3H2,1-2H3,(H,19,20). The number of hydrogen-bond acceptors (Lipinski definition) is 3. The van der Waals surface area contributed by atoms with Gasteiger partial charge in [-0.1, -0.05) is 19.1 Å². The summed E-state index contributed by atoms with van der Waals surface area (Å²) in [6.07, 6.45) is 0.828. The molecule has 0 saturated heterocycles. The van der Waals surface area contributed by atoms with Crippen LogP contribution in [0.5, 0.6) is 0 Å². The lowest BCUT2D eigenvalue weighted by Gasteiger charge is -2.12. The summed E-state index contributed by atoms with van der Waals surface area (Å²) in [5.41, 5.74) is 3.55. The van der Waals surface area contributed by atoms with Crippen molar-refractivity contribution < 1.29 is 9.90 Å². The Morgan fingerprint density at radius 1 is 1.09 bits per heavy atom. The van der Waals surface area contributed by atoms with E-state index >= 15 is 0 Å². The molecule has 0 unspecified atom stereocenters. The molecule has 0 saturated carbocycles. The molecule has 2 heterocycles. The Morgan fingerprint density at radius 3 is 2.50 bits per heavy atom. The molecular formula is C18H16O2S2. The smallest absolute Gasteiger partial charge is 0.335 e. The molecular weight excluding hydrogens is 312 g/mol. The van der Waals surface area contributed by atoms with Gasteiger partial charge in [-0.2, -0.15) is 0 Å². The number of aromatic carboxylic acids is 1. The van der Waals surface area contributed by atoms with Crippen LogP contribution in [-0.2, 0) is 6.42 Å². The van der Waals surface area contributed by atoms with E-state index in [2.05, 4.69) is 36.6 Å². The van der Waals surface area contributed by atoms with Gasteiger partial charge in [0.1, 0.15) is 0 Å². The minimum atomic E-state index is -0.857. The Labute approximate surface area is 137 Å². The number of hydrogen-bond donors (Lipinski definition) is 1. The van der Waals surface area contributed by atoms with E-state index in [1.165, 1.54) is 14.6 Å². The van der Waals surface area contributed by atoms with Crippen molar-refractivity contribution in [3.63, 3.8) is 0 Å². The number of benzene rings is 1. The number of carbonyl (C=O) groups is 1. The SMILES string of the molecule is CCc1c(-c2ccc(-c3cccs3)s2)ccc(C(=O)O)c1C. The van der Waals surface area contributed by atoms with E-state index in [0.717, 1.165) is 23.1 Å². The molecule has 0 bridgehead atoms. The van der Waals surface area contributed by atoms with Crippen molar-refractivity contribution in [2.24, 2.45) is 0 Å². The van der Waals surface area contributed by atoms with E-state index in [1.54, 1.807) is 28.7 Å². The average Bonchev–Trinajstić information content (AvgIpc) is 3.17. The fourth-order valence-corrected chi connectivity index (χ4v) is 4.60. The normalized spacial score (nSPS) is 10.8. The molecule has 112 valence electrons. The summed E-state index contributed by atoms with van der Waals surface area (Å²) in [5.74, 6) is -0.857. The van der Waals surface area contributed by atoms with Gasteiger partial charge in [-0.25, -0.2) is 4.79 Å². The molecule has 0 amide bonds. The largest absolute Gasteiger partial charge is 0.478 e. The van der Waals surface area contributed by atoms with Crippen molar-refractivity contribution in [2.45, 2.75) is 20.3 Å². The summed E-state index contributed by atoms with van der Waals surface area (Å²) in [6.45, 7) is 3.98. The predicted molar refractivity (Wildman–Crippen MR) is 94.1 cm³/mol. The second-order valence-electron chi connectivity index (χ2n) is 5.06. The zero-order valence-electron chi connectivity index (χ0n) is 12.4. The van der Waals surface area contributed by atoms with Crippen molar-refractivity contribution in [3.8, 4) is 20.2 Å². The lowest BCUT2D eigenvalue weighted by Crippen LogP contribution is -2.03. The van der Waals surface area contributed by atoms with E-state index in [0.29, 0.717) is 5.56 Å². The third-order valence-corrected chi connectivity index (χ3v) is 6.00. The van der Waals surface area contributed by atoms with Gasteiger partial charge in [0.2, 0.25) is 0 Å². The molecule has 3 rings (SSSR count). The minimum absolute atomic E-state index is 0.399. The quantitative estimate of drug-likeness (QED) is 0.666. The van der Waals surface area contributed by atoms with Crippen LogP contribution in [0.3, 0.4) is 0 Å². The van der Waals surface area contributed by atoms with Gasteiger partial charge in [0.05, 0.1) is 5.56 Å². The molecule has 2 nitrogen and oxygen atoms in total. The summed E-state index contributed by atoms with van der Waals surface area (Å²) in [7, 11) is 0. The van der Waals surface area contributed by atoms with E-state index < -0.39 is 5.97 Å². The van der Waals surface area contributed by atoms with Gasteiger partial charge < -0.3 is 5.11 Å². The van der Waals surface area contributed by atoms with E-state index in [1.807, 2.05) is 13.0 Å². The van der Waals surface area contributed by atoms with Crippen LogP contribution in [0.2, 0.25) is 0 Å². The zero-order valence-corrected chi connectivity index (χ0v) is 14.1. The summed E-state index contributed by atoms with van der Waals surface area (Å²) >= 11 is 3.50. The highest BCUT2D eigenvalue weighted by molar-refractivity contribution is 7.23. The topological polar surface area (TPSA) is 37.3 Å². The van der Waals surface area contributed by atoms with Crippen LogP contribution in [0.25, 0.3) is 20.2 Å². The molecule has 3 aromatic rings. The van der Waals surface area contributed by atoms with Gasteiger partial charge in [0, 0.05) is 14.6 Å². The number of carboxylic acid groups (broad SMARTS) is 1. The minimum Gasteiger partial charge on any atom is -0.478 e. The summed E-state index contributed by atoms with van der Waals surface area (Å²) < 4.78 is 0. The summed E-state index contributed by atoms with van der Waals surface area (Å²) in [6, 6.07) is 12.1. The van der Waals surface area contributed by atoms with Gasteiger partial charge in [-0.3, -0.25) is 0 Å². The van der Waals surface area contributed by atoms with Gasteiger partial charge >= 0.3 is 5.97 Å². The Morgan fingerprint density at radius 2 is 1.86 bits per heavy atom. The highest BCUT2D eigenvalue weighted by Crippen LogP contribution is 2.38. The van der Waals surface area contributed by atoms with Gasteiger partial charge in [0.25, 0.3) is 0 Å². The van der Waals surface area contributed by atoms with E-state index in [4.69, 9.17) is 0 Å². The Kier molecular flexibility index (Phi) is 4.14. The molecule has 0 aliphatic rings. The molecule has 4 heteroatoms. The second kappa shape index (κ2) is 6.07. The Bertz CT molecular complexity index is 814. The maximum Gasteiger partial charge on any atom is 0.335 e. The molecule has 0 spiro atoms. The lowest BCUT2D eigenvalue weighted by molar-refractivity contribution is 0.0696. The maximum absolute atomic E-state index is 11.3. The molecule has 2 aromatic heterocycles. The second-order valence-corrected chi connectivity index (χ2v) is 7.10. The molecule has 1 N–H and O–H groups in total. The summed E-state index contributed by atoms with van der Waals surface area (Å²) in [4.78, 5) is 15.0. The van der Waals surface area contributed by atoms with Crippen LogP contribution < -0.4 is 0 Å². The van der Waals surface area contributed by atoms with Crippen molar-refractivity contribution in [3.05, 3.63) is 58.5 Å². The first-order chi connectivity index (χ1) is 10.6. The third kappa shape index (κ3) is 2.60. The first kappa shape index (κ1) is 15.0.